The molecule has 1 atom stereocenters. The first-order chi connectivity index (χ1) is 5.76. The van der Waals surface area contributed by atoms with Gasteiger partial charge in [0, 0.05) is 0 Å². The van der Waals surface area contributed by atoms with Crippen LogP contribution in [0.5, 0.6) is 0 Å². The van der Waals surface area contributed by atoms with E-state index < -0.39 is 12.1 Å². The van der Waals surface area contributed by atoms with Crippen LogP contribution in [0.1, 0.15) is 13.3 Å². The van der Waals surface area contributed by atoms with E-state index in [1.54, 1.807) is 0 Å². The summed E-state index contributed by atoms with van der Waals surface area (Å²) in [6, 6.07) is 0. The van der Waals surface area contributed by atoms with Crippen molar-refractivity contribution in [1.82, 2.24) is 0 Å². The molecule has 4 heteroatoms. The number of hydrogen-bond donors (Lipinski definition) is 0. The van der Waals surface area contributed by atoms with Gasteiger partial charge in [0.25, 0.3) is 0 Å². The summed E-state index contributed by atoms with van der Waals surface area (Å²) in [4.78, 5) is 20.7. The van der Waals surface area contributed by atoms with Crippen molar-refractivity contribution < 1.29 is 19.1 Å². The van der Waals surface area contributed by atoms with Crippen molar-refractivity contribution in [3.63, 3.8) is 0 Å². The minimum absolute atomic E-state index is 0.311. The van der Waals surface area contributed by atoms with Gasteiger partial charge in [0.05, 0.1) is 6.61 Å². The molecule has 0 amide bonds. The average Bonchev–Trinajstić information content (AvgIpc) is 2.10. The van der Waals surface area contributed by atoms with E-state index in [0.717, 1.165) is 12.9 Å². The van der Waals surface area contributed by atoms with Gasteiger partial charge >= 0.3 is 12.4 Å². The Kier molecular flexibility index (Phi) is 5.69. The molecule has 0 N–H and O–H groups in total. The standard InChI is InChI=1S/C8H11O4/c1-3-5-11-8(10)7(4-2)12-6-9/h4,7H,2-3,5H2,1H3. The largest absolute Gasteiger partial charge is 0.463 e. The number of esters is 1. The van der Waals surface area contributed by atoms with Crippen molar-refractivity contribution in [3.8, 4) is 0 Å². The van der Waals surface area contributed by atoms with Crippen LogP contribution in [-0.2, 0) is 19.1 Å². The Hall–Kier alpha value is -1.32. The summed E-state index contributed by atoms with van der Waals surface area (Å²) in [6.45, 7) is 6.63. The van der Waals surface area contributed by atoms with Gasteiger partial charge in [-0.05, 0) is 12.5 Å². The summed E-state index contributed by atoms with van der Waals surface area (Å²) in [6.07, 6.45) is 0.873. The van der Waals surface area contributed by atoms with Crippen LogP contribution in [0.3, 0.4) is 0 Å². The molecule has 0 aromatic heterocycles. The van der Waals surface area contributed by atoms with Gasteiger partial charge in [0.15, 0.2) is 0 Å². The highest BCUT2D eigenvalue weighted by Crippen LogP contribution is 1.95. The lowest BCUT2D eigenvalue weighted by atomic mass is 10.3. The summed E-state index contributed by atoms with van der Waals surface area (Å²) in [7, 11) is 0. The van der Waals surface area contributed by atoms with Gasteiger partial charge < -0.3 is 9.47 Å². The van der Waals surface area contributed by atoms with Crippen molar-refractivity contribution in [2.45, 2.75) is 19.4 Å². The van der Waals surface area contributed by atoms with Crippen LogP contribution < -0.4 is 0 Å². The highest BCUT2D eigenvalue weighted by Gasteiger charge is 2.16. The summed E-state index contributed by atoms with van der Waals surface area (Å²) in [5.74, 6) is -0.616. The summed E-state index contributed by atoms with van der Waals surface area (Å²) >= 11 is 0. The van der Waals surface area contributed by atoms with Gasteiger partial charge in [-0.25, -0.2) is 9.59 Å². The second kappa shape index (κ2) is 6.39. The maximum Gasteiger partial charge on any atom is 0.418 e. The number of hydrogen-bond acceptors (Lipinski definition) is 4. The van der Waals surface area contributed by atoms with Gasteiger partial charge in [0.2, 0.25) is 6.10 Å². The molecule has 0 fully saturated rings. The number of rotatable bonds is 6. The molecule has 12 heavy (non-hydrogen) atoms. The molecular weight excluding hydrogens is 160 g/mol. The number of ether oxygens (including phenoxy) is 2. The number of carbonyl (C=O) groups is 1. The Balaban J connectivity index is 3.84. The fourth-order valence-electron chi connectivity index (χ4n) is 0.529. The molecule has 4 nitrogen and oxygen atoms in total. The molecule has 1 unspecified atom stereocenters. The van der Waals surface area contributed by atoms with Gasteiger partial charge in [-0.15, -0.1) is 0 Å². The van der Waals surface area contributed by atoms with E-state index in [4.69, 9.17) is 0 Å². The lowest BCUT2D eigenvalue weighted by Crippen LogP contribution is -2.24. The zero-order valence-electron chi connectivity index (χ0n) is 6.91. The molecule has 0 aliphatic carbocycles. The van der Waals surface area contributed by atoms with Crippen molar-refractivity contribution in [1.29, 1.82) is 0 Å². The van der Waals surface area contributed by atoms with Crippen LogP contribution in [0.4, 0.5) is 0 Å². The van der Waals surface area contributed by atoms with Crippen LogP contribution in [0.2, 0.25) is 0 Å². The fraction of sp³-hybridized carbons (Fsp3) is 0.500. The summed E-state index contributed by atoms with van der Waals surface area (Å²) in [5, 5.41) is 0. The quantitative estimate of drug-likeness (QED) is 0.433. The normalized spacial score (nSPS) is 11.4. The zero-order valence-corrected chi connectivity index (χ0v) is 6.91. The highest BCUT2D eigenvalue weighted by atomic mass is 16.6. The molecule has 0 saturated carbocycles. The molecule has 0 aliphatic rings. The highest BCUT2D eigenvalue weighted by molar-refractivity contribution is 5.77. The Labute approximate surface area is 71.2 Å². The molecule has 0 spiro atoms. The maximum atomic E-state index is 10.9. The average molecular weight is 171 g/mol. The van der Waals surface area contributed by atoms with Crippen LogP contribution in [-0.4, -0.2) is 25.2 Å². The molecular formula is C8H11O4. The van der Waals surface area contributed by atoms with E-state index in [1.807, 2.05) is 6.92 Å². The lowest BCUT2D eigenvalue weighted by molar-refractivity contribution is -0.150. The number of carbonyl (C=O) groups excluding carboxylic acids is 2. The third kappa shape index (κ3) is 3.75. The first-order valence-electron chi connectivity index (χ1n) is 3.58. The van der Waals surface area contributed by atoms with E-state index in [1.165, 1.54) is 6.08 Å². The van der Waals surface area contributed by atoms with E-state index in [-0.39, 0.29) is 0 Å². The minimum atomic E-state index is -1.03. The summed E-state index contributed by atoms with van der Waals surface area (Å²) < 4.78 is 8.93. The predicted octanol–water partition coefficient (Wildman–Crippen LogP) is 0.578. The van der Waals surface area contributed by atoms with Crippen LogP contribution in [0.15, 0.2) is 12.7 Å². The van der Waals surface area contributed by atoms with E-state index in [2.05, 4.69) is 16.1 Å². The van der Waals surface area contributed by atoms with Crippen LogP contribution in [0.25, 0.3) is 0 Å². The van der Waals surface area contributed by atoms with Crippen LogP contribution >= 0.6 is 0 Å². The molecule has 1 radical (unpaired) electrons. The monoisotopic (exact) mass is 171 g/mol. The van der Waals surface area contributed by atoms with E-state index in [0.29, 0.717) is 6.61 Å². The van der Waals surface area contributed by atoms with Crippen molar-refractivity contribution in [2.24, 2.45) is 0 Å². The molecule has 67 valence electrons. The van der Waals surface area contributed by atoms with E-state index in [9.17, 15) is 9.59 Å². The van der Waals surface area contributed by atoms with Gasteiger partial charge in [-0.3, -0.25) is 0 Å². The molecule has 0 bridgehead atoms. The van der Waals surface area contributed by atoms with Crippen molar-refractivity contribution >= 4 is 12.4 Å². The lowest BCUT2D eigenvalue weighted by Gasteiger charge is -2.08. The predicted molar refractivity (Wildman–Crippen MR) is 42.0 cm³/mol. The second-order valence-electron chi connectivity index (χ2n) is 2.02. The van der Waals surface area contributed by atoms with E-state index >= 15 is 0 Å². The molecule has 0 heterocycles. The minimum Gasteiger partial charge on any atom is -0.463 e. The third-order valence-corrected chi connectivity index (χ3v) is 1.07. The zero-order chi connectivity index (χ0) is 9.40. The van der Waals surface area contributed by atoms with Gasteiger partial charge in [0.1, 0.15) is 0 Å². The maximum absolute atomic E-state index is 10.9. The Morgan fingerprint density at radius 2 is 2.42 bits per heavy atom. The third-order valence-electron chi connectivity index (χ3n) is 1.07. The molecule has 0 rings (SSSR count). The first kappa shape index (κ1) is 10.7. The Morgan fingerprint density at radius 1 is 1.75 bits per heavy atom. The topological polar surface area (TPSA) is 52.6 Å². The molecule has 0 aliphatic heterocycles. The fourth-order valence-corrected chi connectivity index (χ4v) is 0.529. The Bertz CT molecular complexity index is 164. The first-order valence-corrected chi connectivity index (χ1v) is 3.58. The SMILES string of the molecule is C=CC(O[C]=O)C(=O)OCCC. The summed E-state index contributed by atoms with van der Waals surface area (Å²) in [5.41, 5.74) is 0. The Morgan fingerprint density at radius 3 is 2.83 bits per heavy atom. The van der Waals surface area contributed by atoms with Crippen LogP contribution in [0, 0.1) is 0 Å². The van der Waals surface area contributed by atoms with Gasteiger partial charge in [-0.2, -0.15) is 0 Å². The van der Waals surface area contributed by atoms with Gasteiger partial charge in [-0.1, -0.05) is 13.5 Å². The molecule has 0 aromatic rings. The smallest absolute Gasteiger partial charge is 0.418 e. The molecule has 0 aromatic carbocycles. The second-order valence-corrected chi connectivity index (χ2v) is 2.02. The van der Waals surface area contributed by atoms with Crippen molar-refractivity contribution in [3.05, 3.63) is 12.7 Å². The van der Waals surface area contributed by atoms with Crippen molar-refractivity contribution in [2.75, 3.05) is 6.61 Å². The molecule has 0 saturated heterocycles.